The molecule has 4 heterocycles. The third-order valence-corrected chi connectivity index (χ3v) is 4.97. The quantitative estimate of drug-likeness (QED) is 0.451. The first-order chi connectivity index (χ1) is 12.3. The Bertz CT molecular complexity index is 1040. The number of aromatic amines is 2. The predicted molar refractivity (Wildman–Crippen MR) is 98.2 cm³/mol. The smallest absolute Gasteiger partial charge is 0.150 e. The molecule has 4 aromatic rings. The lowest BCUT2D eigenvalue weighted by Crippen LogP contribution is -2.28. The monoisotopic (exact) mass is 333 g/mol. The molecule has 25 heavy (non-hydrogen) atoms. The summed E-state index contributed by atoms with van der Waals surface area (Å²) in [5.74, 6) is 1.90. The lowest BCUT2D eigenvalue weighted by atomic mass is 9.99. The molecule has 0 bridgehead atoms. The molecule has 0 aliphatic carbocycles. The van der Waals surface area contributed by atoms with E-state index in [1.165, 1.54) is 6.42 Å². The van der Waals surface area contributed by atoms with E-state index < -0.39 is 0 Å². The van der Waals surface area contributed by atoms with Crippen LogP contribution in [0.3, 0.4) is 0 Å². The number of nitrogens with two attached hydrogens (primary N) is 1. The van der Waals surface area contributed by atoms with E-state index in [4.69, 9.17) is 10.7 Å². The van der Waals surface area contributed by atoms with Crippen molar-refractivity contribution >= 4 is 27.8 Å². The summed E-state index contributed by atoms with van der Waals surface area (Å²) in [5, 5.41) is 11.4. The van der Waals surface area contributed by atoms with Crippen molar-refractivity contribution in [1.29, 1.82) is 0 Å². The fraction of sp³-hybridized carbons (Fsp3) is 0.278. The van der Waals surface area contributed by atoms with Gasteiger partial charge < -0.3 is 16.0 Å². The third kappa shape index (κ3) is 2.35. The van der Waals surface area contributed by atoms with E-state index in [1.807, 2.05) is 12.1 Å². The Morgan fingerprint density at radius 1 is 1.16 bits per heavy atom. The number of aromatic nitrogens is 5. The maximum absolute atomic E-state index is 6.22. The highest BCUT2D eigenvalue weighted by Gasteiger charge is 2.20. The molecule has 0 amide bonds. The van der Waals surface area contributed by atoms with Crippen molar-refractivity contribution in [3.05, 3.63) is 36.3 Å². The van der Waals surface area contributed by atoms with Gasteiger partial charge in [0.05, 0.1) is 11.2 Å². The van der Waals surface area contributed by atoms with Gasteiger partial charge in [-0.3, -0.25) is 5.10 Å². The number of H-pyrrole nitrogens is 2. The summed E-state index contributed by atoms with van der Waals surface area (Å²) >= 11 is 0. The van der Waals surface area contributed by atoms with Crippen LogP contribution in [0.1, 0.15) is 24.6 Å². The molecule has 0 unspecified atom stereocenters. The fourth-order valence-corrected chi connectivity index (χ4v) is 3.64. The van der Waals surface area contributed by atoms with Crippen molar-refractivity contribution < 1.29 is 0 Å². The average molecular weight is 333 g/mol. The molecular weight excluding hydrogens is 314 g/mol. The summed E-state index contributed by atoms with van der Waals surface area (Å²) in [6.45, 7) is 2.04. The summed E-state index contributed by atoms with van der Waals surface area (Å²) in [4.78, 5) is 12.9. The minimum absolute atomic E-state index is 0.403. The van der Waals surface area contributed by atoms with Crippen LogP contribution < -0.4 is 11.1 Å². The fourth-order valence-electron chi connectivity index (χ4n) is 3.64. The number of hydrogen-bond donors (Lipinski definition) is 4. The Hall–Kier alpha value is -2.93. The summed E-state index contributed by atoms with van der Waals surface area (Å²) in [7, 11) is 0. The van der Waals surface area contributed by atoms with E-state index in [-0.39, 0.29) is 0 Å². The highest BCUT2D eigenvalue weighted by Crippen LogP contribution is 2.31. The number of rotatable bonds is 2. The Labute approximate surface area is 144 Å². The first-order valence-electron chi connectivity index (χ1n) is 8.59. The van der Waals surface area contributed by atoms with Crippen molar-refractivity contribution in [3.63, 3.8) is 0 Å². The van der Waals surface area contributed by atoms with E-state index in [0.717, 1.165) is 58.5 Å². The van der Waals surface area contributed by atoms with Gasteiger partial charge in [-0.1, -0.05) is 6.07 Å². The number of nitrogens with one attached hydrogen (secondary N) is 3. The average Bonchev–Trinajstić information content (AvgIpc) is 3.32. The molecule has 126 valence electrons. The van der Waals surface area contributed by atoms with Crippen LogP contribution in [0.5, 0.6) is 0 Å². The second kappa shape index (κ2) is 5.56. The highest BCUT2D eigenvalue weighted by molar-refractivity contribution is 6.07. The summed E-state index contributed by atoms with van der Waals surface area (Å²) in [6, 6.07) is 8.08. The predicted octanol–water partition coefficient (Wildman–Crippen LogP) is 2.55. The molecule has 1 aliphatic heterocycles. The summed E-state index contributed by atoms with van der Waals surface area (Å²) < 4.78 is 0. The zero-order valence-electron chi connectivity index (χ0n) is 13.7. The second-order valence-corrected chi connectivity index (χ2v) is 6.59. The van der Waals surface area contributed by atoms with Crippen LogP contribution in [-0.4, -0.2) is 38.2 Å². The number of pyridine rings is 1. The number of hydrogen-bond acceptors (Lipinski definition) is 5. The van der Waals surface area contributed by atoms with Gasteiger partial charge in [-0.05, 0) is 37.6 Å². The van der Waals surface area contributed by atoms with Crippen LogP contribution in [0, 0.1) is 0 Å². The normalized spacial score (nSPS) is 18.2. The molecule has 1 aliphatic rings. The molecule has 0 radical (unpaired) electrons. The molecule has 1 aromatic carbocycles. The molecule has 1 atom stereocenters. The molecule has 7 nitrogen and oxygen atoms in total. The number of piperidine rings is 1. The molecule has 0 spiro atoms. The van der Waals surface area contributed by atoms with Crippen LogP contribution in [0.4, 0.5) is 5.82 Å². The number of anilines is 1. The summed E-state index contributed by atoms with van der Waals surface area (Å²) in [5.41, 5.74) is 10.8. The van der Waals surface area contributed by atoms with E-state index in [0.29, 0.717) is 11.7 Å². The number of imidazole rings is 1. The number of nitrogen functional groups attached to an aromatic ring is 1. The van der Waals surface area contributed by atoms with Crippen molar-refractivity contribution in [2.24, 2.45) is 0 Å². The molecule has 5 N–H and O–H groups in total. The van der Waals surface area contributed by atoms with Gasteiger partial charge in [-0.15, -0.1) is 0 Å². The first-order valence-corrected chi connectivity index (χ1v) is 8.59. The lowest BCUT2D eigenvalue weighted by molar-refractivity contribution is 0.449. The largest absolute Gasteiger partial charge is 0.382 e. The molecular formula is C18H19N7. The Morgan fingerprint density at radius 3 is 2.92 bits per heavy atom. The maximum atomic E-state index is 6.22. The van der Waals surface area contributed by atoms with Gasteiger partial charge in [0, 0.05) is 29.6 Å². The number of benzene rings is 1. The van der Waals surface area contributed by atoms with Crippen LogP contribution in [0.25, 0.3) is 33.2 Å². The molecule has 1 fully saturated rings. The summed E-state index contributed by atoms with van der Waals surface area (Å²) in [6.07, 6.45) is 4.05. The van der Waals surface area contributed by atoms with Gasteiger partial charge >= 0.3 is 0 Å². The number of nitrogens with zero attached hydrogens (tertiary/aromatic N) is 3. The van der Waals surface area contributed by atoms with Crippen molar-refractivity contribution in [3.8, 4) is 11.3 Å². The topological polar surface area (TPSA) is 108 Å². The molecule has 0 saturated carbocycles. The Balaban J connectivity index is 1.67. The minimum Gasteiger partial charge on any atom is -0.382 e. The van der Waals surface area contributed by atoms with Gasteiger partial charge in [0.25, 0.3) is 0 Å². The molecule has 3 aromatic heterocycles. The molecule has 7 heteroatoms. The van der Waals surface area contributed by atoms with Crippen LogP contribution in [0.15, 0.2) is 30.5 Å². The van der Waals surface area contributed by atoms with E-state index in [2.05, 4.69) is 37.6 Å². The SMILES string of the molecule is Nc1nc2cc(-c3ccn[nH]3)ccc2c2nc([C@@H]3CCCNC3)[nH]c12. The minimum atomic E-state index is 0.403. The molecule has 5 rings (SSSR count). The van der Waals surface area contributed by atoms with Gasteiger partial charge in [0.15, 0.2) is 0 Å². The number of fused-ring (bicyclic) bond motifs is 3. The van der Waals surface area contributed by atoms with E-state index in [9.17, 15) is 0 Å². The van der Waals surface area contributed by atoms with Gasteiger partial charge in [-0.25, -0.2) is 9.97 Å². The standard InChI is InChI=1S/C18H19N7/c19-17-16-15(23-18(24-16)11-2-1-6-20-9-11)12-4-3-10(8-14(12)22-17)13-5-7-21-25-13/h3-5,7-8,11,20H,1-2,6,9H2,(H2,19,22)(H,21,25)(H,23,24)/t11-/m1/s1. The van der Waals surface area contributed by atoms with Gasteiger partial charge in [-0.2, -0.15) is 5.10 Å². The van der Waals surface area contributed by atoms with Crippen LogP contribution in [-0.2, 0) is 0 Å². The Kier molecular flexibility index (Phi) is 3.21. The highest BCUT2D eigenvalue weighted by atomic mass is 15.1. The third-order valence-electron chi connectivity index (χ3n) is 4.97. The van der Waals surface area contributed by atoms with Crippen LogP contribution in [0.2, 0.25) is 0 Å². The van der Waals surface area contributed by atoms with Crippen molar-refractivity contribution in [1.82, 2.24) is 30.5 Å². The lowest BCUT2D eigenvalue weighted by Gasteiger charge is -2.20. The second-order valence-electron chi connectivity index (χ2n) is 6.59. The van der Waals surface area contributed by atoms with Crippen molar-refractivity contribution in [2.75, 3.05) is 18.8 Å². The first kappa shape index (κ1) is 14.4. The molecule has 1 saturated heterocycles. The van der Waals surface area contributed by atoms with Gasteiger partial charge in [0.1, 0.15) is 22.7 Å². The van der Waals surface area contributed by atoms with Gasteiger partial charge in [0.2, 0.25) is 0 Å². The zero-order chi connectivity index (χ0) is 16.8. The van der Waals surface area contributed by atoms with Crippen molar-refractivity contribution in [2.45, 2.75) is 18.8 Å². The van der Waals surface area contributed by atoms with E-state index in [1.54, 1.807) is 6.20 Å². The van der Waals surface area contributed by atoms with Crippen LogP contribution >= 0.6 is 0 Å². The Morgan fingerprint density at radius 2 is 2.12 bits per heavy atom. The zero-order valence-corrected chi connectivity index (χ0v) is 13.7. The van der Waals surface area contributed by atoms with E-state index >= 15 is 0 Å². The maximum Gasteiger partial charge on any atom is 0.150 e.